The van der Waals surface area contributed by atoms with Crippen LogP contribution >= 0.6 is 0 Å². The highest BCUT2D eigenvalue weighted by Crippen LogP contribution is 2.55. The van der Waals surface area contributed by atoms with Crippen LogP contribution in [-0.4, -0.2) is 4.57 Å². The van der Waals surface area contributed by atoms with Gasteiger partial charge in [0.1, 0.15) is 0 Å². The molecule has 1 heteroatoms. The van der Waals surface area contributed by atoms with E-state index in [0.29, 0.717) is 0 Å². The molecule has 1 aromatic heterocycles. The number of fused-ring (bicyclic) bond motifs is 7. The third-order valence-electron chi connectivity index (χ3n) is 5.06. The van der Waals surface area contributed by atoms with Gasteiger partial charge < -0.3 is 4.57 Å². The van der Waals surface area contributed by atoms with Crippen LogP contribution in [0.25, 0.3) is 27.9 Å². The molecule has 5 rings (SSSR count). The van der Waals surface area contributed by atoms with Gasteiger partial charge in [-0.05, 0) is 42.4 Å². The van der Waals surface area contributed by atoms with Crippen LogP contribution in [0.2, 0.25) is 0 Å². The lowest BCUT2D eigenvalue weighted by Gasteiger charge is -2.14. The van der Waals surface area contributed by atoms with Crippen LogP contribution in [-0.2, 0) is 6.54 Å². The third kappa shape index (κ3) is 1.19. The number of aromatic nitrogens is 1. The summed E-state index contributed by atoms with van der Waals surface area (Å²) in [6, 6.07) is 13.5. The van der Waals surface area contributed by atoms with E-state index in [1.165, 1.54) is 33.8 Å². The first-order valence-corrected chi connectivity index (χ1v) is 7.60. The topological polar surface area (TPSA) is 4.93 Å². The molecule has 3 aromatic rings. The van der Waals surface area contributed by atoms with Crippen LogP contribution in [0.4, 0.5) is 0 Å². The van der Waals surface area contributed by atoms with E-state index in [1.807, 2.05) is 0 Å². The molecule has 2 atom stereocenters. The molecule has 2 aliphatic rings. The van der Waals surface area contributed by atoms with Gasteiger partial charge in [-0.2, -0.15) is 0 Å². The van der Waals surface area contributed by atoms with Crippen molar-refractivity contribution < 1.29 is 0 Å². The molecule has 1 fully saturated rings. The van der Waals surface area contributed by atoms with E-state index in [1.54, 1.807) is 5.56 Å². The Labute approximate surface area is 118 Å². The first-order valence-electron chi connectivity index (χ1n) is 7.60. The first kappa shape index (κ1) is 10.7. The van der Waals surface area contributed by atoms with Crippen molar-refractivity contribution in [2.24, 2.45) is 5.92 Å². The van der Waals surface area contributed by atoms with Gasteiger partial charge in [0.25, 0.3) is 0 Å². The zero-order chi connectivity index (χ0) is 13.3. The maximum absolute atomic E-state index is 2.51. The standard InChI is InChI=1S/C19H17N/c1-2-20-17-6-4-3-5-14(17)15-10-9-12-7-8-13-11-16(13)18(12)19(15)20/h3-10,13,16H,2,11H2,1H3. The SMILES string of the molecule is CCn1c2ccccc2c2ccc3c(c21)C1CC1C=C3. The number of hydrogen-bond donors (Lipinski definition) is 0. The number of aryl methyl sites for hydroxylation is 1. The summed E-state index contributed by atoms with van der Waals surface area (Å²) in [7, 11) is 0. The molecule has 2 aromatic carbocycles. The minimum atomic E-state index is 0.772. The Kier molecular flexibility index (Phi) is 1.90. The summed E-state index contributed by atoms with van der Waals surface area (Å²) in [5, 5.41) is 2.83. The van der Waals surface area contributed by atoms with Crippen LogP contribution in [0.5, 0.6) is 0 Å². The fourth-order valence-corrected chi connectivity index (χ4v) is 4.04. The van der Waals surface area contributed by atoms with Crippen LogP contribution in [0.3, 0.4) is 0 Å². The summed E-state index contributed by atoms with van der Waals surface area (Å²) in [5.41, 5.74) is 5.91. The van der Waals surface area contributed by atoms with E-state index in [0.717, 1.165) is 18.4 Å². The molecule has 0 amide bonds. The minimum absolute atomic E-state index is 0.772. The number of rotatable bonds is 1. The Hall–Kier alpha value is -2.02. The van der Waals surface area contributed by atoms with Crippen LogP contribution in [0.1, 0.15) is 30.4 Å². The number of benzene rings is 2. The highest BCUT2D eigenvalue weighted by molar-refractivity contribution is 6.10. The third-order valence-corrected chi connectivity index (χ3v) is 5.06. The van der Waals surface area contributed by atoms with Crippen LogP contribution in [0, 0.1) is 5.92 Å². The van der Waals surface area contributed by atoms with E-state index in [4.69, 9.17) is 0 Å². The molecule has 0 radical (unpaired) electrons. The van der Waals surface area contributed by atoms with E-state index < -0.39 is 0 Å². The number of hydrogen-bond acceptors (Lipinski definition) is 0. The number of para-hydroxylation sites is 1. The molecular formula is C19H17N. The lowest BCUT2D eigenvalue weighted by atomic mass is 9.94. The first-order chi connectivity index (χ1) is 9.88. The summed E-state index contributed by atoms with van der Waals surface area (Å²) in [6.45, 7) is 3.30. The van der Waals surface area contributed by atoms with Gasteiger partial charge in [-0.1, -0.05) is 42.5 Å². The average molecular weight is 259 g/mol. The largest absolute Gasteiger partial charge is 0.341 e. The van der Waals surface area contributed by atoms with Gasteiger partial charge in [0.15, 0.2) is 0 Å². The molecule has 20 heavy (non-hydrogen) atoms. The molecule has 1 nitrogen and oxygen atoms in total. The van der Waals surface area contributed by atoms with Crippen LogP contribution < -0.4 is 0 Å². The summed E-state index contributed by atoms with van der Waals surface area (Å²) in [6.07, 6.45) is 6.08. The molecule has 0 saturated heterocycles. The van der Waals surface area contributed by atoms with Gasteiger partial charge in [0.2, 0.25) is 0 Å². The molecule has 1 heterocycles. The Morgan fingerprint density at radius 3 is 2.90 bits per heavy atom. The van der Waals surface area contributed by atoms with E-state index in [9.17, 15) is 0 Å². The average Bonchev–Trinajstić information content (AvgIpc) is 3.22. The van der Waals surface area contributed by atoms with Crippen molar-refractivity contribution in [3.05, 3.63) is 53.6 Å². The predicted molar refractivity (Wildman–Crippen MR) is 85.0 cm³/mol. The second kappa shape index (κ2) is 3.54. The fourth-order valence-electron chi connectivity index (χ4n) is 4.04. The monoisotopic (exact) mass is 259 g/mol. The van der Waals surface area contributed by atoms with Gasteiger partial charge in [-0.3, -0.25) is 0 Å². The van der Waals surface area contributed by atoms with Gasteiger partial charge in [-0.15, -0.1) is 0 Å². The smallest absolute Gasteiger partial charge is 0.0532 e. The summed E-state index contributed by atoms with van der Waals surface area (Å²) >= 11 is 0. The maximum atomic E-state index is 2.51. The van der Waals surface area contributed by atoms with Crippen molar-refractivity contribution in [2.75, 3.05) is 0 Å². The van der Waals surface area contributed by atoms with Gasteiger partial charge in [-0.25, -0.2) is 0 Å². The van der Waals surface area contributed by atoms with Gasteiger partial charge >= 0.3 is 0 Å². The second-order valence-electron chi connectivity index (χ2n) is 6.09. The van der Waals surface area contributed by atoms with Crippen molar-refractivity contribution >= 4 is 27.9 Å². The minimum Gasteiger partial charge on any atom is -0.341 e. The molecule has 0 bridgehead atoms. The summed E-state index contributed by atoms with van der Waals surface area (Å²) < 4.78 is 2.51. The molecular weight excluding hydrogens is 242 g/mol. The second-order valence-corrected chi connectivity index (χ2v) is 6.09. The normalized spacial score (nSPS) is 23.1. The van der Waals surface area contributed by atoms with E-state index in [2.05, 4.69) is 60.0 Å². The van der Waals surface area contributed by atoms with E-state index in [-0.39, 0.29) is 0 Å². The number of nitrogens with zero attached hydrogens (tertiary/aromatic N) is 1. The lowest BCUT2D eigenvalue weighted by molar-refractivity contribution is 0.819. The fraction of sp³-hybridized carbons (Fsp3) is 0.263. The zero-order valence-corrected chi connectivity index (χ0v) is 11.6. The van der Waals surface area contributed by atoms with Crippen LogP contribution in [0.15, 0.2) is 42.5 Å². The van der Waals surface area contributed by atoms with E-state index >= 15 is 0 Å². The lowest BCUT2D eigenvalue weighted by Crippen LogP contribution is -2.00. The Morgan fingerprint density at radius 1 is 1.10 bits per heavy atom. The van der Waals surface area contributed by atoms with Crippen molar-refractivity contribution in [1.29, 1.82) is 0 Å². The quantitative estimate of drug-likeness (QED) is 0.583. The maximum Gasteiger partial charge on any atom is 0.0532 e. The molecule has 2 unspecified atom stereocenters. The van der Waals surface area contributed by atoms with Gasteiger partial charge in [0, 0.05) is 22.8 Å². The summed E-state index contributed by atoms with van der Waals surface area (Å²) in [4.78, 5) is 0. The Morgan fingerprint density at radius 2 is 2.00 bits per heavy atom. The Bertz CT molecular complexity index is 882. The van der Waals surface area contributed by atoms with Crippen molar-refractivity contribution in [2.45, 2.75) is 25.8 Å². The van der Waals surface area contributed by atoms with Crippen molar-refractivity contribution in [3.63, 3.8) is 0 Å². The molecule has 2 aliphatic carbocycles. The predicted octanol–water partition coefficient (Wildman–Crippen LogP) is 4.94. The van der Waals surface area contributed by atoms with Gasteiger partial charge in [0.05, 0.1) is 5.52 Å². The molecule has 0 spiro atoms. The molecule has 0 N–H and O–H groups in total. The van der Waals surface area contributed by atoms with Crippen molar-refractivity contribution in [1.82, 2.24) is 4.57 Å². The molecule has 0 aliphatic heterocycles. The molecule has 1 saturated carbocycles. The summed E-state index contributed by atoms with van der Waals surface area (Å²) in [5.74, 6) is 1.57. The highest BCUT2D eigenvalue weighted by Gasteiger charge is 2.41. The molecule has 98 valence electrons. The highest BCUT2D eigenvalue weighted by atomic mass is 15.0. The zero-order valence-electron chi connectivity index (χ0n) is 11.6. The Balaban J connectivity index is 2.03. The number of allylic oxidation sites excluding steroid dienone is 1. The van der Waals surface area contributed by atoms with Crippen molar-refractivity contribution in [3.8, 4) is 0 Å².